The van der Waals surface area contributed by atoms with Gasteiger partial charge in [0.05, 0.1) is 5.69 Å². The van der Waals surface area contributed by atoms with E-state index >= 15 is 0 Å². The van der Waals surface area contributed by atoms with Crippen molar-refractivity contribution in [1.29, 1.82) is 0 Å². The first-order chi connectivity index (χ1) is 9.61. The molecule has 2 nitrogen and oxygen atoms in total. The first-order valence-electron chi connectivity index (χ1n) is 7.90. The Morgan fingerprint density at radius 2 is 2.15 bits per heavy atom. The SMILES string of the molecule is CCC1CCCCN1c1ccc(CNC(C)C)cc1F. The van der Waals surface area contributed by atoms with Crippen LogP contribution in [0.5, 0.6) is 0 Å². The first kappa shape index (κ1) is 15.3. The molecule has 1 unspecified atom stereocenters. The number of anilines is 1. The lowest BCUT2D eigenvalue weighted by atomic mass is 9.99. The molecule has 1 aromatic rings. The molecular weight excluding hydrogens is 251 g/mol. The Morgan fingerprint density at radius 3 is 2.80 bits per heavy atom. The van der Waals surface area contributed by atoms with Crippen molar-refractivity contribution >= 4 is 5.69 Å². The van der Waals surface area contributed by atoms with Gasteiger partial charge in [0.25, 0.3) is 0 Å². The van der Waals surface area contributed by atoms with Crippen LogP contribution in [-0.4, -0.2) is 18.6 Å². The van der Waals surface area contributed by atoms with Crippen molar-refractivity contribution in [3.63, 3.8) is 0 Å². The normalized spacial score (nSPS) is 19.6. The van der Waals surface area contributed by atoms with E-state index in [1.54, 1.807) is 6.07 Å². The van der Waals surface area contributed by atoms with Gasteiger partial charge in [-0.15, -0.1) is 0 Å². The zero-order valence-electron chi connectivity index (χ0n) is 13.0. The number of hydrogen-bond donors (Lipinski definition) is 1. The fraction of sp³-hybridized carbons (Fsp3) is 0.647. The summed E-state index contributed by atoms with van der Waals surface area (Å²) in [4.78, 5) is 2.26. The van der Waals surface area contributed by atoms with Crippen LogP contribution >= 0.6 is 0 Å². The maximum atomic E-state index is 14.4. The van der Waals surface area contributed by atoms with Crippen molar-refractivity contribution in [2.24, 2.45) is 0 Å². The third-order valence-corrected chi connectivity index (χ3v) is 4.13. The third kappa shape index (κ3) is 3.72. The zero-order chi connectivity index (χ0) is 14.5. The van der Waals surface area contributed by atoms with E-state index in [1.165, 1.54) is 19.3 Å². The molecule has 1 aliphatic heterocycles. The van der Waals surface area contributed by atoms with E-state index in [-0.39, 0.29) is 5.82 Å². The number of nitrogens with one attached hydrogen (secondary N) is 1. The van der Waals surface area contributed by atoms with E-state index in [1.807, 2.05) is 6.07 Å². The van der Waals surface area contributed by atoms with Crippen molar-refractivity contribution in [3.05, 3.63) is 29.6 Å². The second-order valence-electron chi connectivity index (χ2n) is 6.07. The highest BCUT2D eigenvalue weighted by Crippen LogP contribution is 2.29. The van der Waals surface area contributed by atoms with Gasteiger partial charge in [-0.1, -0.05) is 26.8 Å². The standard InChI is InChI=1S/C17H27FN2/c1-4-15-7-5-6-10-20(15)17-9-8-14(11-16(17)18)12-19-13(2)3/h8-9,11,13,15,19H,4-7,10,12H2,1-3H3. The van der Waals surface area contributed by atoms with Crippen molar-refractivity contribution in [2.45, 2.75) is 65.1 Å². The molecule has 3 heteroatoms. The molecule has 0 aromatic heterocycles. The quantitative estimate of drug-likeness (QED) is 0.872. The predicted octanol–water partition coefficient (Wildman–Crippen LogP) is 4.09. The van der Waals surface area contributed by atoms with Crippen LogP contribution < -0.4 is 10.2 Å². The maximum Gasteiger partial charge on any atom is 0.146 e. The molecule has 1 saturated heterocycles. The van der Waals surface area contributed by atoms with E-state index in [2.05, 4.69) is 37.1 Å². The van der Waals surface area contributed by atoms with Gasteiger partial charge in [-0.2, -0.15) is 0 Å². The lowest BCUT2D eigenvalue weighted by Gasteiger charge is -2.37. The number of hydrogen-bond acceptors (Lipinski definition) is 2. The van der Waals surface area contributed by atoms with E-state index in [0.717, 1.165) is 30.8 Å². The third-order valence-electron chi connectivity index (χ3n) is 4.13. The molecule has 112 valence electrons. The Bertz CT molecular complexity index is 431. The fourth-order valence-corrected chi connectivity index (χ4v) is 2.96. The molecular formula is C17H27FN2. The minimum absolute atomic E-state index is 0.0755. The Hall–Kier alpha value is -1.09. The average Bonchev–Trinajstić information content (AvgIpc) is 2.45. The topological polar surface area (TPSA) is 15.3 Å². The van der Waals surface area contributed by atoms with Gasteiger partial charge in [0.2, 0.25) is 0 Å². The summed E-state index contributed by atoms with van der Waals surface area (Å²) in [6.07, 6.45) is 4.72. The summed E-state index contributed by atoms with van der Waals surface area (Å²) < 4.78 is 14.4. The monoisotopic (exact) mass is 278 g/mol. The molecule has 0 amide bonds. The summed E-state index contributed by atoms with van der Waals surface area (Å²) in [7, 11) is 0. The Labute approximate surface area is 122 Å². The second-order valence-corrected chi connectivity index (χ2v) is 6.07. The Balaban J connectivity index is 2.12. The number of piperidine rings is 1. The minimum atomic E-state index is -0.0755. The van der Waals surface area contributed by atoms with Crippen molar-refractivity contribution in [1.82, 2.24) is 5.32 Å². The summed E-state index contributed by atoms with van der Waals surface area (Å²) in [5.74, 6) is -0.0755. The Morgan fingerprint density at radius 1 is 1.35 bits per heavy atom. The molecule has 1 fully saturated rings. The molecule has 1 aliphatic rings. The van der Waals surface area contributed by atoms with Crippen LogP contribution in [0, 0.1) is 5.82 Å². The smallest absolute Gasteiger partial charge is 0.146 e. The predicted molar refractivity (Wildman–Crippen MR) is 83.7 cm³/mol. The van der Waals surface area contributed by atoms with Gasteiger partial charge in [-0.3, -0.25) is 0 Å². The molecule has 0 aliphatic carbocycles. The van der Waals surface area contributed by atoms with Gasteiger partial charge in [0.15, 0.2) is 0 Å². The van der Waals surface area contributed by atoms with Gasteiger partial charge in [-0.05, 0) is 43.4 Å². The highest BCUT2D eigenvalue weighted by molar-refractivity contribution is 5.50. The van der Waals surface area contributed by atoms with Gasteiger partial charge in [0, 0.05) is 25.2 Å². The summed E-state index contributed by atoms with van der Waals surface area (Å²) in [5, 5.41) is 3.33. The number of nitrogens with zero attached hydrogens (tertiary/aromatic N) is 1. The van der Waals surface area contributed by atoms with Crippen LogP contribution in [0.1, 0.15) is 52.0 Å². The second kappa shape index (κ2) is 7.07. The highest BCUT2D eigenvalue weighted by Gasteiger charge is 2.23. The largest absolute Gasteiger partial charge is 0.366 e. The maximum absolute atomic E-state index is 14.4. The number of rotatable bonds is 5. The summed E-state index contributed by atoms with van der Waals surface area (Å²) in [6, 6.07) is 6.61. The van der Waals surface area contributed by atoms with Crippen LogP contribution in [0.25, 0.3) is 0 Å². The van der Waals surface area contributed by atoms with Crippen LogP contribution in [0.3, 0.4) is 0 Å². The van der Waals surface area contributed by atoms with Crippen molar-refractivity contribution < 1.29 is 4.39 Å². The fourth-order valence-electron chi connectivity index (χ4n) is 2.96. The van der Waals surface area contributed by atoms with Gasteiger partial charge in [0.1, 0.15) is 5.82 Å². The molecule has 0 bridgehead atoms. The first-order valence-corrected chi connectivity index (χ1v) is 7.90. The van der Waals surface area contributed by atoms with Crippen LogP contribution in [0.4, 0.5) is 10.1 Å². The Kier molecular flexibility index (Phi) is 5.41. The van der Waals surface area contributed by atoms with E-state index in [9.17, 15) is 4.39 Å². The molecule has 1 aromatic carbocycles. The lowest BCUT2D eigenvalue weighted by molar-refractivity contribution is 0.443. The van der Waals surface area contributed by atoms with E-state index in [0.29, 0.717) is 12.1 Å². The summed E-state index contributed by atoms with van der Waals surface area (Å²) in [5.41, 5.74) is 1.80. The van der Waals surface area contributed by atoms with Gasteiger partial charge >= 0.3 is 0 Å². The van der Waals surface area contributed by atoms with Crippen LogP contribution in [0.15, 0.2) is 18.2 Å². The van der Waals surface area contributed by atoms with Crippen molar-refractivity contribution in [2.75, 3.05) is 11.4 Å². The summed E-state index contributed by atoms with van der Waals surface area (Å²) in [6.45, 7) is 8.11. The van der Waals surface area contributed by atoms with Crippen LogP contribution in [-0.2, 0) is 6.54 Å². The molecule has 0 spiro atoms. The molecule has 1 N–H and O–H groups in total. The van der Waals surface area contributed by atoms with Crippen LogP contribution in [0.2, 0.25) is 0 Å². The molecule has 0 saturated carbocycles. The number of benzene rings is 1. The average molecular weight is 278 g/mol. The van der Waals surface area contributed by atoms with E-state index < -0.39 is 0 Å². The van der Waals surface area contributed by atoms with Crippen molar-refractivity contribution in [3.8, 4) is 0 Å². The molecule has 2 rings (SSSR count). The van der Waals surface area contributed by atoms with Gasteiger partial charge < -0.3 is 10.2 Å². The minimum Gasteiger partial charge on any atom is -0.366 e. The van der Waals surface area contributed by atoms with E-state index in [4.69, 9.17) is 0 Å². The molecule has 20 heavy (non-hydrogen) atoms. The zero-order valence-corrected chi connectivity index (χ0v) is 13.0. The summed E-state index contributed by atoms with van der Waals surface area (Å²) >= 11 is 0. The number of halogens is 1. The lowest BCUT2D eigenvalue weighted by Crippen LogP contribution is -2.39. The van der Waals surface area contributed by atoms with Gasteiger partial charge in [-0.25, -0.2) is 4.39 Å². The molecule has 1 heterocycles. The molecule has 1 atom stereocenters. The molecule has 0 radical (unpaired) electrons. The highest BCUT2D eigenvalue weighted by atomic mass is 19.1.